The van der Waals surface area contributed by atoms with Crippen molar-refractivity contribution >= 4 is 28.5 Å². The minimum Gasteiger partial charge on any atom is -0.464 e. The van der Waals surface area contributed by atoms with Gasteiger partial charge in [0.15, 0.2) is 0 Å². The molecule has 0 spiro atoms. The Morgan fingerprint density at radius 3 is 2.70 bits per heavy atom. The molecule has 0 saturated carbocycles. The molecule has 1 aromatic carbocycles. The number of H-pyrrole nitrogens is 1. The minimum absolute atomic E-state index is 0.0973. The minimum atomic E-state index is -0.627. The molecule has 27 heavy (non-hydrogen) atoms. The summed E-state index contributed by atoms with van der Waals surface area (Å²) < 4.78 is 24.1. The lowest BCUT2D eigenvalue weighted by Gasteiger charge is -2.35. The van der Waals surface area contributed by atoms with Crippen LogP contribution in [-0.2, 0) is 14.3 Å². The zero-order valence-electron chi connectivity index (χ0n) is 15.7. The van der Waals surface area contributed by atoms with E-state index in [1.165, 1.54) is 25.3 Å². The van der Waals surface area contributed by atoms with Crippen molar-refractivity contribution in [2.24, 2.45) is 0 Å². The molecule has 1 amide bonds. The molecule has 1 aliphatic heterocycles. The van der Waals surface area contributed by atoms with E-state index in [2.05, 4.69) is 15.2 Å². The number of aromatic amines is 1. The van der Waals surface area contributed by atoms with Crippen LogP contribution in [0.5, 0.6) is 0 Å². The quantitative estimate of drug-likeness (QED) is 0.783. The Hall–Kier alpha value is -2.45. The van der Waals surface area contributed by atoms with E-state index >= 15 is 0 Å². The molecule has 146 valence electrons. The second-order valence-corrected chi connectivity index (χ2v) is 6.87. The number of ether oxygens (including phenoxy) is 2. The zero-order valence-corrected chi connectivity index (χ0v) is 15.7. The van der Waals surface area contributed by atoms with Gasteiger partial charge in [0.05, 0.1) is 25.0 Å². The summed E-state index contributed by atoms with van der Waals surface area (Å²) in [7, 11) is 1.25. The SMILES string of the molecule is COC(=O)c1[nH]c2ccc(F)cc2c1NC(=O)CCN1CC(C)OC(C)C1. The van der Waals surface area contributed by atoms with Crippen LogP contribution in [0, 0.1) is 5.82 Å². The maximum atomic E-state index is 13.6. The van der Waals surface area contributed by atoms with Crippen LogP contribution in [0.1, 0.15) is 30.8 Å². The van der Waals surface area contributed by atoms with E-state index in [0.29, 0.717) is 17.4 Å². The molecular weight excluding hydrogens is 353 g/mol. The van der Waals surface area contributed by atoms with Gasteiger partial charge < -0.3 is 19.8 Å². The fraction of sp³-hybridized carbons (Fsp3) is 0.474. The summed E-state index contributed by atoms with van der Waals surface area (Å²) in [6.45, 7) is 6.12. The highest BCUT2D eigenvalue weighted by Gasteiger charge is 2.24. The third-order valence-electron chi connectivity index (χ3n) is 4.56. The molecule has 1 fully saturated rings. The van der Waals surface area contributed by atoms with Gasteiger partial charge in [-0.25, -0.2) is 9.18 Å². The van der Waals surface area contributed by atoms with Crippen molar-refractivity contribution in [3.8, 4) is 0 Å². The van der Waals surface area contributed by atoms with E-state index in [1.807, 2.05) is 13.8 Å². The fourth-order valence-electron chi connectivity index (χ4n) is 3.48. The number of hydrogen-bond acceptors (Lipinski definition) is 5. The van der Waals surface area contributed by atoms with Crippen molar-refractivity contribution in [2.45, 2.75) is 32.5 Å². The van der Waals surface area contributed by atoms with E-state index in [9.17, 15) is 14.0 Å². The number of methoxy groups -OCH3 is 1. The molecule has 8 heteroatoms. The van der Waals surface area contributed by atoms with Crippen molar-refractivity contribution in [3.05, 3.63) is 29.7 Å². The van der Waals surface area contributed by atoms with Crippen molar-refractivity contribution < 1.29 is 23.5 Å². The second kappa shape index (κ2) is 8.06. The van der Waals surface area contributed by atoms with Gasteiger partial charge >= 0.3 is 5.97 Å². The third kappa shape index (κ3) is 4.45. The van der Waals surface area contributed by atoms with Gasteiger partial charge in [-0.3, -0.25) is 9.69 Å². The van der Waals surface area contributed by atoms with Gasteiger partial charge in [0.25, 0.3) is 0 Å². The summed E-state index contributed by atoms with van der Waals surface area (Å²) in [4.78, 5) is 29.6. The average molecular weight is 377 g/mol. The highest BCUT2D eigenvalue weighted by molar-refractivity contribution is 6.10. The van der Waals surface area contributed by atoms with Gasteiger partial charge in [0.2, 0.25) is 5.91 Å². The summed E-state index contributed by atoms with van der Waals surface area (Å²) in [5.41, 5.74) is 0.882. The highest BCUT2D eigenvalue weighted by atomic mass is 19.1. The Balaban J connectivity index is 1.74. The Labute approximate surface area is 156 Å². The summed E-state index contributed by atoms with van der Waals surface area (Å²) in [5, 5.41) is 3.17. The molecule has 1 aliphatic rings. The van der Waals surface area contributed by atoms with Gasteiger partial charge in [-0.2, -0.15) is 0 Å². The fourth-order valence-corrected chi connectivity index (χ4v) is 3.48. The van der Waals surface area contributed by atoms with Crippen molar-refractivity contribution in [3.63, 3.8) is 0 Å². The number of aromatic nitrogens is 1. The lowest BCUT2D eigenvalue weighted by molar-refractivity contribution is -0.117. The maximum absolute atomic E-state index is 13.6. The first-order valence-corrected chi connectivity index (χ1v) is 8.94. The molecule has 2 unspecified atom stereocenters. The Morgan fingerprint density at radius 1 is 1.33 bits per heavy atom. The Kier molecular flexibility index (Phi) is 5.76. The predicted octanol–water partition coefficient (Wildman–Crippen LogP) is 2.53. The predicted molar refractivity (Wildman–Crippen MR) is 99.3 cm³/mol. The smallest absolute Gasteiger partial charge is 0.356 e. The van der Waals surface area contributed by atoms with Crippen LogP contribution < -0.4 is 5.32 Å². The number of nitrogens with zero attached hydrogens (tertiary/aromatic N) is 1. The molecule has 0 aliphatic carbocycles. The molecule has 2 heterocycles. The number of rotatable bonds is 5. The van der Waals surface area contributed by atoms with E-state index in [0.717, 1.165) is 13.1 Å². The molecule has 0 radical (unpaired) electrons. The van der Waals surface area contributed by atoms with Gasteiger partial charge in [0.1, 0.15) is 11.5 Å². The topological polar surface area (TPSA) is 83.7 Å². The van der Waals surface area contributed by atoms with Gasteiger partial charge in [-0.15, -0.1) is 0 Å². The molecular formula is C19H24FN3O4. The van der Waals surface area contributed by atoms with Crippen LogP contribution in [0.3, 0.4) is 0 Å². The number of fused-ring (bicyclic) bond motifs is 1. The number of nitrogens with one attached hydrogen (secondary N) is 2. The van der Waals surface area contributed by atoms with Gasteiger partial charge in [-0.1, -0.05) is 0 Å². The molecule has 7 nitrogen and oxygen atoms in total. The molecule has 1 aromatic heterocycles. The van der Waals surface area contributed by atoms with E-state index in [4.69, 9.17) is 9.47 Å². The lowest BCUT2D eigenvalue weighted by Crippen LogP contribution is -2.46. The number of anilines is 1. The van der Waals surface area contributed by atoms with E-state index < -0.39 is 11.8 Å². The number of carbonyl (C=O) groups excluding carboxylic acids is 2. The number of esters is 1. The van der Waals surface area contributed by atoms with Gasteiger partial charge in [-0.05, 0) is 32.0 Å². The number of halogens is 1. The first-order chi connectivity index (χ1) is 12.9. The van der Waals surface area contributed by atoms with Gasteiger partial charge in [0, 0.05) is 37.0 Å². The number of hydrogen-bond donors (Lipinski definition) is 2. The third-order valence-corrected chi connectivity index (χ3v) is 4.56. The van der Waals surface area contributed by atoms with Crippen molar-refractivity contribution in [2.75, 3.05) is 32.1 Å². The zero-order chi connectivity index (χ0) is 19.6. The number of morpholine rings is 1. The second-order valence-electron chi connectivity index (χ2n) is 6.87. The first-order valence-electron chi connectivity index (χ1n) is 8.94. The molecule has 1 saturated heterocycles. The van der Waals surface area contributed by atoms with Crippen molar-refractivity contribution in [1.82, 2.24) is 9.88 Å². The van der Waals surface area contributed by atoms with Crippen LogP contribution in [0.4, 0.5) is 10.1 Å². The largest absolute Gasteiger partial charge is 0.464 e. The molecule has 0 bridgehead atoms. The van der Waals surface area contributed by atoms with Crippen LogP contribution in [0.2, 0.25) is 0 Å². The number of benzene rings is 1. The lowest BCUT2D eigenvalue weighted by atomic mass is 10.2. The molecule has 3 rings (SSSR count). The van der Waals surface area contributed by atoms with Crippen LogP contribution in [-0.4, -0.2) is 60.7 Å². The number of amides is 1. The monoisotopic (exact) mass is 377 g/mol. The molecule has 2 atom stereocenters. The Bertz CT molecular complexity index is 841. The highest BCUT2D eigenvalue weighted by Crippen LogP contribution is 2.29. The Morgan fingerprint density at radius 2 is 2.04 bits per heavy atom. The van der Waals surface area contributed by atoms with Crippen LogP contribution in [0.25, 0.3) is 10.9 Å². The summed E-state index contributed by atoms with van der Waals surface area (Å²) in [6.07, 6.45) is 0.501. The summed E-state index contributed by atoms with van der Waals surface area (Å²) in [5.74, 6) is -1.33. The number of carbonyl (C=O) groups is 2. The first kappa shape index (κ1) is 19.3. The van der Waals surface area contributed by atoms with Crippen LogP contribution >= 0.6 is 0 Å². The molecule has 2 aromatic rings. The van der Waals surface area contributed by atoms with Crippen LogP contribution in [0.15, 0.2) is 18.2 Å². The van der Waals surface area contributed by atoms with Crippen molar-refractivity contribution in [1.29, 1.82) is 0 Å². The summed E-state index contributed by atoms with van der Waals surface area (Å²) >= 11 is 0. The standard InChI is InChI=1S/C19H24FN3O4/c1-11-9-23(10-12(2)27-11)7-6-16(24)22-17-14-8-13(20)4-5-15(14)21-18(17)19(25)26-3/h4-5,8,11-12,21H,6-7,9-10H2,1-3H3,(H,22,24). The maximum Gasteiger partial charge on any atom is 0.356 e. The van der Waals surface area contributed by atoms with E-state index in [-0.39, 0.29) is 35.9 Å². The summed E-state index contributed by atoms with van der Waals surface area (Å²) in [6, 6.07) is 4.08. The average Bonchev–Trinajstić information content (AvgIpc) is 2.96. The normalized spacial score (nSPS) is 20.6. The van der Waals surface area contributed by atoms with E-state index in [1.54, 1.807) is 0 Å². The molecule has 2 N–H and O–H groups in total.